The first kappa shape index (κ1) is 17.9. The summed E-state index contributed by atoms with van der Waals surface area (Å²) < 4.78 is 11.1. The topological polar surface area (TPSA) is 50.8 Å². The third-order valence-corrected chi connectivity index (χ3v) is 5.28. The molecule has 0 saturated carbocycles. The highest BCUT2D eigenvalue weighted by molar-refractivity contribution is 7.10. The number of carbonyl (C=O) groups is 1. The van der Waals surface area contributed by atoms with E-state index in [2.05, 4.69) is 27.7 Å². The molecule has 0 spiro atoms. The summed E-state index contributed by atoms with van der Waals surface area (Å²) in [7, 11) is 0. The van der Waals surface area contributed by atoms with Crippen molar-refractivity contribution in [2.45, 2.75) is 13.0 Å². The number of hydrogen-bond donors (Lipinski definition) is 1. The number of benzene rings is 1. The van der Waals surface area contributed by atoms with E-state index < -0.39 is 0 Å². The zero-order chi connectivity index (χ0) is 17.5. The van der Waals surface area contributed by atoms with Crippen molar-refractivity contribution in [1.29, 1.82) is 0 Å². The lowest BCUT2D eigenvalue weighted by atomic mass is 10.2. The first-order valence-corrected chi connectivity index (χ1v) is 9.42. The van der Waals surface area contributed by atoms with Gasteiger partial charge in [-0.15, -0.1) is 11.3 Å². The molecule has 1 atom stereocenters. The summed E-state index contributed by atoms with van der Waals surface area (Å²) in [5, 5.41) is 5.09. The molecule has 2 aromatic rings. The second kappa shape index (κ2) is 8.99. The molecule has 1 saturated heterocycles. The quantitative estimate of drug-likeness (QED) is 0.825. The molecule has 1 aliphatic rings. The van der Waals surface area contributed by atoms with Crippen LogP contribution in [0.15, 0.2) is 41.8 Å². The minimum Gasteiger partial charge on any atom is -0.484 e. The van der Waals surface area contributed by atoms with Crippen molar-refractivity contribution < 1.29 is 14.3 Å². The highest BCUT2D eigenvalue weighted by Crippen LogP contribution is 2.25. The Morgan fingerprint density at radius 3 is 2.80 bits per heavy atom. The van der Waals surface area contributed by atoms with Gasteiger partial charge in [0, 0.05) is 24.5 Å². The SMILES string of the molecule is Cc1ccccc1OCC(=O)NC[C@H](c1cccs1)N1CCOCC1. The second-order valence-corrected chi connectivity index (χ2v) is 7.02. The van der Waals surface area contributed by atoms with E-state index in [0.717, 1.165) is 37.6 Å². The van der Waals surface area contributed by atoms with E-state index in [1.165, 1.54) is 4.88 Å². The van der Waals surface area contributed by atoms with E-state index >= 15 is 0 Å². The summed E-state index contributed by atoms with van der Waals surface area (Å²) in [6.07, 6.45) is 0. The standard InChI is InChI=1S/C19H24N2O3S/c1-15-5-2-3-6-17(15)24-14-19(22)20-13-16(18-7-4-12-25-18)21-8-10-23-11-9-21/h2-7,12,16H,8-11,13-14H2,1H3,(H,20,22)/t16-/m1/s1. The molecule has 6 heteroatoms. The van der Waals surface area contributed by atoms with Crippen molar-refractivity contribution >= 4 is 17.2 Å². The van der Waals surface area contributed by atoms with E-state index in [-0.39, 0.29) is 18.6 Å². The fraction of sp³-hybridized carbons (Fsp3) is 0.421. The summed E-state index contributed by atoms with van der Waals surface area (Å²) in [6.45, 7) is 5.84. The van der Waals surface area contributed by atoms with E-state index in [9.17, 15) is 4.79 Å². The lowest BCUT2D eigenvalue weighted by molar-refractivity contribution is -0.123. The molecule has 1 amide bonds. The minimum absolute atomic E-state index is 0.0329. The van der Waals surface area contributed by atoms with Crippen molar-refractivity contribution in [3.63, 3.8) is 0 Å². The predicted molar refractivity (Wildman–Crippen MR) is 99.1 cm³/mol. The van der Waals surface area contributed by atoms with Crippen LogP contribution in [0.5, 0.6) is 5.75 Å². The predicted octanol–water partition coefficient (Wildman–Crippen LogP) is 2.63. The third-order valence-electron chi connectivity index (χ3n) is 4.30. The molecule has 1 aromatic carbocycles. The minimum atomic E-state index is -0.0990. The van der Waals surface area contributed by atoms with Gasteiger partial charge in [-0.2, -0.15) is 0 Å². The van der Waals surface area contributed by atoms with E-state index in [1.54, 1.807) is 11.3 Å². The Balaban J connectivity index is 1.53. The van der Waals surface area contributed by atoms with Crippen LogP contribution in [-0.2, 0) is 9.53 Å². The normalized spacial score (nSPS) is 16.4. The average Bonchev–Trinajstić information content (AvgIpc) is 3.16. The third kappa shape index (κ3) is 5.04. The van der Waals surface area contributed by atoms with Crippen LogP contribution in [0.3, 0.4) is 0 Å². The van der Waals surface area contributed by atoms with Crippen LogP contribution in [0, 0.1) is 6.92 Å². The fourth-order valence-electron chi connectivity index (χ4n) is 2.90. The van der Waals surface area contributed by atoms with Crippen molar-refractivity contribution in [3.8, 4) is 5.75 Å². The Morgan fingerprint density at radius 2 is 2.08 bits per heavy atom. The van der Waals surface area contributed by atoms with Crippen molar-refractivity contribution in [3.05, 3.63) is 52.2 Å². The van der Waals surface area contributed by atoms with Gasteiger partial charge in [0.15, 0.2) is 6.61 Å². The van der Waals surface area contributed by atoms with Gasteiger partial charge in [-0.1, -0.05) is 24.3 Å². The Kier molecular flexibility index (Phi) is 6.44. The molecule has 0 aliphatic carbocycles. The highest BCUT2D eigenvalue weighted by Gasteiger charge is 2.23. The van der Waals surface area contributed by atoms with Crippen molar-refractivity contribution in [2.75, 3.05) is 39.5 Å². The average molecular weight is 360 g/mol. The van der Waals surface area contributed by atoms with Gasteiger partial charge in [0.2, 0.25) is 0 Å². The van der Waals surface area contributed by atoms with E-state index in [1.807, 2.05) is 31.2 Å². The van der Waals surface area contributed by atoms with Gasteiger partial charge < -0.3 is 14.8 Å². The Labute approximate surface area is 152 Å². The number of rotatable bonds is 7. The molecule has 134 valence electrons. The van der Waals surface area contributed by atoms with Crippen LogP contribution in [0.25, 0.3) is 0 Å². The van der Waals surface area contributed by atoms with Gasteiger partial charge in [-0.05, 0) is 30.0 Å². The highest BCUT2D eigenvalue weighted by atomic mass is 32.1. The number of nitrogens with zero attached hydrogens (tertiary/aromatic N) is 1. The number of hydrogen-bond acceptors (Lipinski definition) is 5. The molecule has 1 aromatic heterocycles. The second-order valence-electron chi connectivity index (χ2n) is 6.04. The van der Waals surface area contributed by atoms with E-state index in [0.29, 0.717) is 6.54 Å². The molecular weight excluding hydrogens is 336 g/mol. The van der Waals surface area contributed by atoms with Gasteiger partial charge in [0.1, 0.15) is 5.75 Å². The maximum Gasteiger partial charge on any atom is 0.258 e. The molecule has 1 N–H and O–H groups in total. The molecule has 0 unspecified atom stereocenters. The molecule has 1 aliphatic heterocycles. The monoisotopic (exact) mass is 360 g/mol. The number of thiophene rings is 1. The molecule has 25 heavy (non-hydrogen) atoms. The molecule has 3 rings (SSSR count). The molecule has 5 nitrogen and oxygen atoms in total. The number of aryl methyl sites for hydroxylation is 1. The van der Waals surface area contributed by atoms with Crippen LogP contribution in [0.1, 0.15) is 16.5 Å². The van der Waals surface area contributed by atoms with Gasteiger partial charge in [-0.25, -0.2) is 0 Å². The number of para-hydroxylation sites is 1. The van der Waals surface area contributed by atoms with Crippen LogP contribution in [0.2, 0.25) is 0 Å². The molecule has 0 radical (unpaired) electrons. The zero-order valence-electron chi connectivity index (χ0n) is 14.4. The summed E-state index contributed by atoms with van der Waals surface area (Å²) in [4.78, 5) is 15.8. The Hall–Kier alpha value is -1.89. The maximum atomic E-state index is 12.2. The maximum absolute atomic E-state index is 12.2. The van der Waals surface area contributed by atoms with Crippen LogP contribution in [0.4, 0.5) is 0 Å². The van der Waals surface area contributed by atoms with Crippen LogP contribution >= 0.6 is 11.3 Å². The van der Waals surface area contributed by atoms with Gasteiger partial charge >= 0.3 is 0 Å². The Bertz CT molecular complexity index is 669. The summed E-state index contributed by atoms with van der Waals surface area (Å²) in [6, 6.07) is 12.1. The van der Waals surface area contributed by atoms with E-state index in [4.69, 9.17) is 9.47 Å². The lowest BCUT2D eigenvalue weighted by Gasteiger charge is -2.34. The van der Waals surface area contributed by atoms with Gasteiger partial charge in [0.25, 0.3) is 5.91 Å². The summed E-state index contributed by atoms with van der Waals surface area (Å²) in [5.74, 6) is 0.652. The van der Waals surface area contributed by atoms with Crippen LogP contribution in [-0.4, -0.2) is 50.3 Å². The summed E-state index contributed by atoms with van der Waals surface area (Å²) in [5.41, 5.74) is 1.03. The van der Waals surface area contributed by atoms with Gasteiger partial charge in [0.05, 0.1) is 19.3 Å². The number of nitrogens with one attached hydrogen (secondary N) is 1. The van der Waals surface area contributed by atoms with Crippen molar-refractivity contribution in [2.24, 2.45) is 0 Å². The molecule has 1 fully saturated rings. The van der Waals surface area contributed by atoms with Crippen LogP contribution < -0.4 is 10.1 Å². The molecule has 0 bridgehead atoms. The zero-order valence-corrected chi connectivity index (χ0v) is 15.3. The fourth-order valence-corrected chi connectivity index (χ4v) is 3.76. The number of carbonyl (C=O) groups excluding carboxylic acids is 1. The first-order valence-electron chi connectivity index (χ1n) is 8.54. The molecular formula is C19H24N2O3S. The Morgan fingerprint density at radius 1 is 1.28 bits per heavy atom. The smallest absolute Gasteiger partial charge is 0.258 e. The number of amides is 1. The van der Waals surface area contributed by atoms with Gasteiger partial charge in [-0.3, -0.25) is 9.69 Å². The number of morpholine rings is 1. The number of ether oxygens (including phenoxy) is 2. The lowest BCUT2D eigenvalue weighted by Crippen LogP contribution is -2.44. The largest absolute Gasteiger partial charge is 0.484 e. The van der Waals surface area contributed by atoms with Crippen molar-refractivity contribution in [1.82, 2.24) is 10.2 Å². The first-order chi connectivity index (χ1) is 12.2. The summed E-state index contributed by atoms with van der Waals surface area (Å²) >= 11 is 1.72. The molecule has 2 heterocycles.